The Hall–Kier alpha value is -0.0800. The van der Waals surface area contributed by atoms with Gasteiger partial charge in [-0.05, 0) is 69.2 Å². The van der Waals surface area contributed by atoms with Crippen LogP contribution in [0.4, 0.5) is 0 Å². The highest BCUT2D eigenvalue weighted by Crippen LogP contribution is 2.37. The summed E-state index contributed by atoms with van der Waals surface area (Å²) < 4.78 is 5.52. The molecular weight excluding hydrogens is 246 g/mol. The summed E-state index contributed by atoms with van der Waals surface area (Å²) in [6, 6.07) is 0.797. The van der Waals surface area contributed by atoms with Crippen molar-refractivity contribution in [2.45, 2.75) is 77.7 Å². The average molecular weight is 281 g/mol. The molecule has 1 heterocycles. The van der Waals surface area contributed by atoms with Crippen molar-refractivity contribution in [1.82, 2.24) is 5.32 Å². The Morgan fingerprint density at radius 1 is 0.950 bits per heavy atom. The van der Waals surface area contributed by atoms with Crippen LogP contribution in [0, 0.1) is 17.8 Å². The van der Waals surface area contributed by atoms with Gasteiger partial charge in [-0.1, -0.05) is 26.7 Å². The molecule has 3 atom stereocenters. The predicted molar refractivity (Wildman–Crippen MR) is 86.0 cm³/mol. The van der Waals surface area contributed by atoms with Gasteiger partial charge in [0.2, 0.25) is 0 Å². The van der Waals surface area contributed by atoms with Gasteiger partial charge in [0.15, 0.2) is 0 Å². The van der Waals surface area contributed by atoms with Crippen LogP contribution in [0.2, 0.25) is 0 Å². The van der Waals surface area contributed by atoms with Crippen LogP contribution >= 0.6 is 0 Å². The van der Waals surface area contributed by atoms with Crippen LogP contribution in [0.3, 0.4) is 0 Å². The maximum atomic E-state index is 5.52. The number of hydrogen-bond donors (Lipinski definition) is 1. The summed E-state index contributed by atoms with van der Waals surface area (Å²) in [6.07, 6.45) is 12.5. The molecule has 0 radical (unpaired) electrons. The Labute approximate surface area is 126 Å². The van der Waals surface area contributed by atoms with Crippen molar-refractivity contribution in [3.8, 4) is 0 Å². The molecule has 118 valence electrons. The molecule has 2 rings (SSSR count). The number of nitrogens with one attached hydrogen (secondary N) is 1. The molecule has 1 aliphatic carbocycles. The maximum absolute atomic E-state index is 5.52. The first-order valence-corrected chi connectivity index (χ1v) is 9.14. The quantitative estimate of drug-likeness (QED) is 0.747. The van der Waals surface area contributed by atoms with Gasteiger partial charge in [-0.2, -0.15) is 0 Å². The summed E-state index contributed by atoms with van der Waals surface area (Å²) in [5, 5.41) is 3.84. The van der Waals surface area contributed by atoms with Crippen LogP contribution in [0.15, 0.2) is 0 Å². The van der Waals surface area contributed by atoms with E-state index in [4.69, 9.17) is 4.74 Å². The molecule has 0 amide bonds. The molecule has 1 aliphatic heterocycles. The van der Waals surface area contributed by atoms with E-state index in [0.29, 0.717) is 0 Å². The predicted octanol–water partition coefficient (Wildman–Crippen LogP) is 4.39. The van der Waals surface area contributed by atoms with Crippen LogP contribution in [-0.2, 0) is 4.74 Å². The first-order chi connectivity index (χ1) is 9.83. The molecule has 1 saturated carbocycles. The minimum atomic E-state index is 0.797. The van der Waals surface area contributed by atoms with Crippen LogP contribution < -0.4 is 5.32 Å². The summed E-state index contributed by atoms with van der Waals surface area (Å²) in [6.45, 7) is 7.83. The van der Waals surface area contributed by atoms with E-state index in [-0.39, 0.29) is 0 Å². The van der Waals surface area contributed by atoms with Gasteiger partial charge in [0.25, 0.3) is 0 Å². The Balaban J connectivity index is 1.86. The van der Waals surface area contributed by atoms with E-state index in [1.165, 1.54) is 64.3 Å². The lowest BCUT2D eigenvalue weighted by molar-refractivity contribution is 0.0497. The monoisotopic (exact) mass is 281 g/mol. The smallest absolute Gasteiger partial charge is 0.0468 e. The van der Waals surface area contributed by atoms with Crippen molar-refractivity contribution in [3.63, 3.8) is 0 Å². The summed E-state index contributed by atoms with van der Waals surface area (Å²) in [5.41, 5.74) is 0. The fraction of sp³-hybridized carbons (Fsp3) is 1.00. The summed E-state index contributed by atoms with van der Waals surface area (Å²) in [4.78, 5) is 0. The second kappa shape index (κ2) is 9.04. The van der Waals surface area contributed by atoms with Crippen molar-refractivity contribution in [2.75, 3.05) is 19.8 Å². The summed E-state index contributed by atoms with van der Waals surface area (Å²) >= 11 is 0. The van der Waals surface area contributed by atoms with Crippen LogP contribution in [0.1, 0.15) is 71.6 Å². The minimum Gasteiger partial charge on any atom is -0.381 e. The van der Waals surface area contributed by atoms with E-state index in [2.05, 4.69) is 19.2 Å². The van der Waals surface area contributed by atoms with E-state index >= 15 is 0 Å². The number of ether oxygens (including phenoxy) is 1. The molecule has 1 saturated heterocycles. The van der Waals surface area contributed by atoms with Gasteiger partial charge in [0.05, 0.1) is 0 Å². The second-order valence-corrected chi connectivity index (χ2v) is 7.08. The van der Waals surface area contributed by atoms with Gasteiger partial charge in [0, 0.05) is 19.3 Å². The number of rotatable bonds is 7. The summed E-state index contributed by atoms with van der Waals surface area (Å²) in [5.74, 6) is 2.86. The topological polar surface area (TPSA) is 21.3 Å². The van der Waals surface area contributed by atoms with Crippen LogP contribution in [0.25, 0.3) is 0 Å². The molecule has 3 unspecified atom stereocenters. The molecule has 2 fully saturated rings. The Morgan fingerprint density at radius 3 is 2.45 bits per heavy atom. The zero-order valence-corrected chi connectivity index (χ0v) is 13.7. The van der Waals surface area contributed by atoms with Crippen molar-refractivity contribution in [2.24, 2.45) is 17.8 Å². The molecule has 2 nitrogen and oxygen atoms in total. The highest BCUT2D eigenvalue weighted by molar-refractivity contribution is 4.86. The molecule has 0 aromatic heterocycles. The Kier molecular flexibility index (Phi) is 7.37. The van der Waals surface area contributed by atoms with Gasteiger partial charge in [-0.15, -0.1) is 0 Å². The average Bonchev–Trinajstić information content (AvgIpc) is 2.48. The van der Waals surface area contributed by atoms with E-state index < -0.39 is 0 Å². The molecule has 0 aromatic carbocycles. The third-order valence-corrected chi connectivity index (χ3v) is 5.42. The fourth-order valence-corrected chi connectivity index (χ4v) is 4.30. The van der Waals surface area contributed by atoms with Crippen LogP contribution in [0.5, 0.6) is 0 Å². The molecule has 20 heavy (non-hydrogen) atoms. The van der Waals surface area contributed by atoms with Gasteiger partial charge < -0.3 is 10.1 Å². The third-order valence-electron chi connectivity index (χ3n) is 5.42. The maximum Gasteiger partial charge on any atom is 0.0468 e. The third kappa shape index (κ3) is 5.04. The first-order valence-electron chi connectivity index (χ1n) is 9.14. The zero-order chi connectivity index (χ0) is 14.2. The van der Waals surface area contributed by atoms with E-state index in [1.54, 1.807) is 0 Å². The van der Waals surface area contributed by atoms with Crippen molar-refractivity contribution < 1.29 is 4.74 Å². The Bertz CT molecular complexity index is 250. The standard InChI is InChI=1S/C18H35NO/c1-3-5-15-6-7-18(19-10-4-2)17(13-15)14-16-8-11-20-12-9-16/h15-19H,3-14H2,1-2H3. The number of hydrogen-bond acceptors (Lipinski definition) is 2. The minimum absolute atomic E-state index is 0.797. The largest absolute Gasteiger partial charge is 0.381 e. The second-order valence-electron chi connectivity index (χ2n) is 7.08. The highest BCUT2D eigenvalue weighted by atomic mass is 16.5. The van der Waals surface area contributed by atoms with Gasteiger partial charge in [0.1, 0.15) is 0 Å². The van der Waals surface area contributed by atoms with E-state index in [1.807, 2.05) is 0 Å². The first kappa shape index (κ1) is 16.3. The SMILES string of the molecule is CCCNC1CCC(CCC)CC1CC1CCOCC1. The van der Waals surface area contributed by atoms with Gasteiger partial charge >= 0.3 is 0 Å². The normalized spacial score (nSPS) is 32.4. The van der Waals surface area contributed by atoms with E-state index in [0.717, 1.165) is 37.0 Å². The van der Waals surface area contributed by atoms with Crippen molar-refractivity contribution >= 4 is 0 Å². The molecule has 0 bridgehead atoms. The van der Waals surface area contributed by atoms with Crippen LogP contribution in [-0.4, -0.2) is 25.8 Å². The van der Waals surface area contributed by atoms with Crippen molar-refractivity contribution in [1.29, 1.82) is 0 Å². The molecular formula is C18H35NO. The van der Waals surface area contributed by atoms with Crippen molar-refractivity contribution in [3.05, 3.63) is 0 Å². The van der Waals surface area contributed by atoms with E-state index in [9.17, 15) is 0 Å². The molecule has 0 aromatic rings. The fourth-order valence-electron chi connectivity index (χ4n) is 4.30. The lowest BCUT2D eigenvalue weighted by Gasteiger charge is -2.39. The molecule has 0 spiro atoms. The zero-order valence-electron chi connectivity index (χ0n) is 13.7. The van der Waals surface area contributed by atoms with Gasteiger partial charge in [-0.25, -0.2) is 0 Å². The lowest BCUT2D eigenvalue weighted by Crippen LogP contribution is -2.42. The lowest BCUT2D eigenvalue weighted by atomic mass is 9.72. The Morgan fingerprint density at radius 2 is 1.75 bits per heavy atom. The summed E-state index contributed by atoms with van der Waals surface area (Å²) in [7, 11) is 0. The van der Waals surface area contributed by atoms with Gasteiger partial charge in [-0.3, -0.25) is 0 Å². The molecule has 2 heteroatoms. The molecule has 1 N–H and O–H groups in total. The molecule has 2 aliphatic rings. The highest BCUT2D eigenvalue weighted by Gasteiger charge is 2.31.